The summed E-state index contributed by atoms with van der Waals surface area (Å²) in [6.07, 6.45) is 1.77. The van der Waals surface area contributed by atoms with Crippen LogP contribution in [0.5, 0.6) is 0 Å². The molecule has 0 radical (unpaired) electrons. The quantitative estimate of drug-likeness (QED) is 0.846. The van der Waals surface area contributed by atoms with Crippen LogP contribution in [0.2, 0.25) is 5.02 Å². The predicted molar refractivity (Wildman–Crippen MR) is 69.3 cm³/mol. The molecule has 2 aliphatic heterocycles. The zero-order valence-electron chi connectivity index (χ0n) is 8.68. The van der Waals surface area contributed by atoms with Crippen molar-refractivity contribution in [1.29, 1.82) is 0 Å². The molecule has 1 amide bonds. The summed E-state index contributed by atoms with van der Waals surface area (Å²) in [5, 5.41) is 5.54. The number of carbonyl (C=O) groups is 1. The van der Waals surface area contributed by atoms with Crippen LogP contribution >= 0.6 is 23.4 Å². The van der Waals surface area contributed by atoms with E-state index in [4.69, 9.17) is 11.6 Å². The number of hydrogen-bond donors (Lipinski definition) is 1. The fourth-order valence-electron chi connectivity index (χ4n) is 1.62. The van der Waals surface area contributed by atoms with Gasteiger partial charge in [0.25, 0.3) is 0 Å². The zero-order valence-corrected chi connectivity index (χ0v) is 10.3. The smallest absolute Gasteiger partial charge is 0.243 e. The zero-order chi connectivity index (χ0) is 11.8. The molecule has 1 fully saturated rings. The molecule has 6 heteroatoms. The molecule has 17 heavy (non-hydrogen) atoms. The molecule has 0 aliphatic carbocycles. The van der Waals surface area contributed by atoms with Gasteiger partial charge in [-0.2, -0.15) is 0 Å². The van der Waals surface area contributed by atoms with Crippen LogP contribution < -0.4 is 5.43 Å². The van der Waals surface area contributed by atoms with E-state index in [1.165, 1.54) is 11.8 Å². The van der Waals surface area contributed by atoms with E-state index in [-0.39, 0.29) is 5.91 Å². The molecule has 0 atom stereocenters. The van der Waals surface area contributed by atoms with Crippen molar-refractivity contribution in [1.82, 2.24) is 10.3 Å². The summed E-state index contributed by atoms with van der Waals surface area (Å²) >= 11 is 7.26. The van der Waals surface area contributed by atoms with Gasteiger partial charge in [0.1, 0.15) is 0 Å². The summed E-state index contributed by atoms with van der Waals surface area (Å²) in [6, 6.07) is 7.38. The highest BCUT2D eigenvalue weighted by molar-refractivity contribution is 8.15. The van der Waals surface area contributed by atoms with E-state index in [1.807, 2.05) is 12.1 Å². The summed E-state index contributed by atoms with van der Waals surface area (Å²) in [5.74, 6) is 0.506. The number of hydrazone groups is 1. The molecule has 2 aliphatic rings. The van der Waals surface area contributed by atoms with Crippen LogP contribution in [0.4, 0.5) is 0 Å². The Morgan fingerprint density at radius 3 is 2.88 bits per heavy atom. The van der Waals surface area contributed by atoms with Crippen molar-refractivity contribution in [3.63, 3.8) is 0 Å². The molecule has 0 bridgehead atoms. The van der Waals surface area contributed by atoms with E-state index in [2.05, 4.69) is 10.5 Å². The lowest BCUT2D eigenvalue weighted by atomic mass is 10.1. The van der Waals surface area contributed by atoms with Gasteiger partial charge in [-0.3, -0.25) is 15.1 Å². The number of amides is 1. The van der Waals surface area contributed by atoms with Crippen molar-refractivity contribution >= 4 is 40.1 Å². The molecule has 0 saturated carbocycles. The molecule has 1 aromatic rings. The predicted octanol–water partition coefficient (Wildman–Crippen LogP) is 2.09. The van der Waals surface area contributed by atoms with Gasteiger partial charge in [-0.25, -0.2) is 0 Å². The lowest BCUT2D eigenvalue weighted by Crippen LogP contribution is -2.30. The number of nitrogens with one attached hydrogen (secondary N) is 1. The summed E-state index contributed by atoms with van der Waals surface area (Å²) in [7, 11) is 0. The minimum absolute atomic E-state index is 0.0571. The van der Waals surface area contributed by atoms with E-state index < -0.39 is 0 Å². The number of fused-ring (bicyclic) bond motifs is 1. The number of thioether (sulfide) groups is 1. The summed E-state index contributed by atoms with van der Waals surface area (Å²) < 4.78 is 0. The molecule has 3 rings (SSSR count). The maximum Gasteiger partial charge on any atom is 0.243 e. The molecule has 2 heterocycles. The third kappa shape index (κ3) is 1.92. The van der Waals surface area contributed by atoms with Crippen LogP contribution in [0, 0.1) is 0 Å². The average Bonchev–Trinajstić information content (AvgIpc) is 2.72. The van der Waals surface area contributed by atoms with Gasteiger partial charge in [0.05, 0.1) is 11.4 Å². The molecular weight excluding hydrogens is 258 g/mol. The third-order valence-electron chi connectivity index (χ3n) is 2.48. The van der Waals surface area contributed by atoms with Gasteiger partial charge in [0.15, 0.2) is 5.17 Å². The van der Waals surface area contributed by atoms with Gasteiger partial charge in [0, 0.05) is 16.8 Å². The van der Waals surface area contributed by atoms with Crippen LogP contribution in [0.1, 0.15) is 5.56 Å². The Balaban J connectivity index is 1.93. The normalized spacial score (nSPS) is 18.4. The van der Waals surface area contributed by atoms with Gasteiger partial charge in [-0.1, -0.05) is 35.5 Å². The Morgan fingerprint density at radius 2 is 2.12 bits per heavy atom. The highest BCUT2D eigenvalue weighted by Gasteiger charge is 2.29. The Kier molecular flexibility index (Phi) is 2.57. The van der Waals surface area contributed by atoms with Crippen molar-refractivity contribution in [2.75, 3.05) is 5.75 Å². The summed E-state index contributed by atoms with van der Waals surface area (Å²) in [4.78, 5) is 13.1. The van der Waals surface area contributed by atoms with Crippen LogP contribution in [-0.4, -0.2) is 21.7 Å². The van der Waals surface area contributed by atoms with Gasteiger partial charge >= 0.3 is 0 Å². The van der Waals surface area contributed by atoms with E-state index in [0.29, 0.717) is 15.9 Å². The maximum absolute atomic E-state index is 11.6. The topological polar surface area (TPSA) is 44.7 Å². The Bertz CT molecular complexity index is 538. The molecule has 1 N–H and O–H groups in total. The van der Waals surface area contributed by atoms with Crippen molar-refractivity contribution in [2.45, 2.75) is 0 Å². The average molecular weight is 266 g/mol. The van der Waals surface area contributed by atoms with Crippen LogP contribution in [-0.2, 0) is 4.79 Å². The van der Waals surface area contributed by atoms with E-state index in [1.54, 1.807) is 23.2 Å². The molecule has 0 spiro atoms. The highest BCUT2D eigenvalue weighted by atomic mass is 35.5. The van der Waals surface area contributed by atoms with E-state index >= 15 is 0 Å². The van der Waals surface area contributed by atoms with Crippen LogP contribution in [0.25, 0.3) is 5.70 Å². The number of carbonyl (C=O) groups excluding carboxylic acids is 1. The molecule has 1 saturated heterocycles. The molecule has 1 aromatic carbocycles. The first-order valence-electron chi connectivity index (χ1n) is 5.00. The van der Waals surface area contributed by atoms with Gasteiger partial charge < -0.3 is 0 Å². The Morgan fingerprint density at radius 1 is 1.35 bits per heavy atom. The molecular formula is C11H8ClN3OS. The standard InChI is InChI=1S/C11H8ClN3OS/c12-8-3-1-7(2-4-8)9-5-15-10(16)6-17-11(15)14-13-9/h1-5,13H,6H2. The van der Waals surface area contributed by atoms with Gasteiger partial charge in [0.2, 0.25) is 5.91 Å². The molecule has 0 unspecified atom stereocenters. The summed E-state index contributed by atoms with van der Waals surface area (Å²) in [5.41, 5.74) is 4.68. The second kappa shape index (κ2) is 4.09. The number of amidine groups is 1. The molecule has 4 nitrogen and oxygen atoms in total. The minimum atomic E-state index is 0.0571. The number of hydrogen-bond acceptors (Lipinski definition) is 4. The maximum atomic E-state index is 11.6. The van der Waals surface area contributed by atoms with Crippen LogP contribution in [0.3, 0.4) is 0 Å². The Labute approximate surface area is 107 Å². The van der Waals surface area contributed by atoms with Crippen molar-refractivity contribution in [3.05, 3.63) is 41.1 Å². The number of nitrogens with zero attached hydrogens (tertiary/aromatic N) is 2. The van der Waals surface area contributed by atoms with E-state index in [0.717, 1.165) is 11.3 Å². The largest absolute Gasteiger partial charge is 0.274 e. The highest BCUT2D eigenvalue weighted by Crippen LogP contribution is 2.25. The first kappa shape index (κ1) is 10.7. The fraction of sp³-hybridized carbons (Fsp3) is 0.0909. The number of benzene rings is 1. The van der Waals surface area contributed by atoms with Gasteiger partial charge in [-0.05, 0) is 12.1 Å². The number of rotatable bonds is 1. The fourth-order valence-corrected chi connectivity index (χ4v) is 2.54. The van der Waals surface area contributed by atoms with Crippen LogP contribution in [0.15, 0.2) is 35.6 Å². The van der Waals surface area contributed by atoms with Gasteiger partial charge in [-0.15, -0.1) is 5.10 Å². The van der Waals surface area contributed by atoms with Crippen molar-refractivity contribution in [2.24, 2.45) is 5.10 Å². The first-order valence-corrected chi connectivity index (χ1v) is 6.37. The Hall–Kier alpha value is -1.46. The minimum Gasteiger partial charge on any atom is -0.274 e. The second-order valence-corrected chi connectivity index (χ2v) is 4.99. The second-order valence-electron chi connectivity index (χ2n) is 3.61. The monoisotopic (exact) mass is 265 g/mol. The first-order chi connectivity index (χ1) is 8.24. The van der Waals surface area contributed by atoms with Crippen molar-refractivity contribution < 1.29 is 4.79 Å². The molecule has 86 valence electrons. The SMILES string of the molecule is O=C1CSC2=NNC(c3ccc(Cl)cc3)=CN12. The lowest BCUT2D eigenvalue weighted by molar-refractivity contribution is -0.122. The lowest BCUT2D eigenvalue weighted by Gasteiger charge is -2.19. The third-order valence-corrected chi connectivity index (χ3v) is 3.67. The van der Waals surface area contributed by atoms with Crippen molar-refractivity contribution in [3.8, 4) is 0 Å². The summed E-state index contributed by atoms with van der Waals surface area (Å²) in [6.45, 7) is 0. The molecule has 0 aromatic heterocycles. The number of halogens is 1. The van der Waals surface area contributed by atoms with E-state index in [9.17, 15) is 4.79 Å².